The monoisotopic (exact) mass is 174 g/mol. The van der Waals surface area contributed by atoms with Crippen LogP contribution in [-0.2, 0) is 9.59 Å². The fourth-order valence-corrected chi connectivity index (χ4v) is 0.524. The smallest absolute Gasteiger partial charge is 0.318 e. The molecule has 0 fully saturated rings. The molecule has 0 aromatic carbocycles. The van der Waals surface area contributed by atoms with Gasteiger partial charge in [0.25, 0.3) is 0 Å². The number of primary amides is 2. The zero-order valence-corrected chi connectivity index (χ0v) is 6.24. The summed E-state index contributed by atoms with van der Waals surface area (Å²) in [6, 6.07) is -2.14. The van der Waals surface area contributed by atoms with Crippen LogP contribution >= 0.6 is 0 Å². The minimum absolute atomic E-state index is 0.320. The van der Waals surface area contributed by atoms with Crippen molar-refractivity contribution < 1.29 is 14.4 Å². The quantitative estimate of drug-likeness (QED) is 0.371. The van der Waals surface area contributed by atoms with Gasteiger partial charge in [-0.2, -0.15) is 0 Å². The molecule has 12 heavy (non-hydrogen) atoms. The Morgan fingerprint density at radius 3 is 2.08 bits per heavy atom. The molecule has 0 bridgehead atoms. The zero-order valence-electron chi connectivity index (χ0n) is 6.24. The third-order valence-electron chi connectivity index (χ3n) is 1.00. The van der Waals surface area contributed by atoms with Crippen molar-refractivity contribution in [3.05, 3.63) is 0 Å². The predicted octanol–water partition coefficient (Wildman–Crippen LogP) is -2.62. The topological polar surface area (TPSA) is 141 Å². The Bertz CT molecular complexity index is 215. The molecular weight excluding hydrogens is 164 g/mol. The molecular formula is C5H10N4O3. The van der Waals surface area contributed by atoms with E-state index in [9.17, 15) is 14.4 Å². The molecule has 7 heteroatoms. The fraction of sp³-hybridized carbons (Fsp3) is 0.400. The average Bonchev–Trinajstić information content (AvgIpc) is 1.84. The molecule has 1 unspecified atom stereocenters. The van der Waals surface area contributed by atoms with Gasteiger partial charge in [-0.15, -0.1) is 0 Å². The Labute approximate surface area is 68.3 Å². The van der Waals surface area contributed by atoms with E-state index in [0.29, 0.717) is 0 Å². The van der Waals surface area contributed by atoms with E-state index in [1.165, 1.54) is 0 Å². The van der Waals surface area contributed by atoms with Crippen LogP contribution in [0.5, 0.6) is 0 Å². The minimum Gasteiger partial charge on any atom is -0.370 e. The third kappa shape index (κ3) is 4.23. The molecule has 0 aliphatic carbocycles. The van der Waals surface area contributed by atoms with Gasteiger partial charge in [0.2, 0.25) is 11.8 Å². The SMILES string of the molecule is NC(=O)CC(N)C(=O)NC(N)=O. The molecule has 0 heterocycles. The standard InChI is InChI=1S/C5H10N4O3/c6-2(1-3(7)10)4(11)9-5(8)12/h2H,1,6H2,(H2,7,10)(H3,8,9,11,12). The van der Waals surface area contributed by atoms with Crippen molar-refractivity contribution in [2.75, 3.05) is 0 Å². The summed E-state index contributed by atoms with van der Waals surface area (Å²) in [7, 11) is 0. The summed E-state index contributed by atoms with van der Waals surface area (Å²) >= 11 is 0. The van der Waals surface area contributed by atoms with Crippen molar-refractivity contribution in [1.82, 2.24) is 5.32 Å². The van der Waals surface area contributed by atoms with Crippen molar-refractivity contribution >= 4 is 17.8 Å². The zero-order chi connectivity index (χ0) is 9.72. The van der Waals surface area contributed by atoms with Gasteiger partial charge in [0, 0.05) is 0 Å². The lowest BCUT2D eigenvalue weighted by molar-refractivity contribution is -0.125. The number of rotatable bonds is 3. The number of nitrogens with one attached hydrogen (secondary N) is 1. The summed E-state index contributed by atoms with van der Waals surface area (Å²) < 4.78 is 0. The summed E-state index contributed by atoms with van der Waals surface area (Å²) in [6.07, 6.45) is -0.320. The molecule has 0 spiro atoms. The molecule has 0 aromatic heterocycles. The van der Waals surface area contributed by atoms with Gasteiger partial charge in [0.15, 0.2) is 0 Å². The van der Waals surface area contributed by atoms with E-state index in [1.807, 2.05) is 0 Å². The van der Waals surface area contributed by atoms with Crippen LogP contribution in [-0.4, -0.2) is 23.9 Å². The van der Waals surface area contributed by atoms with E-state index >= 15 is 0 Å². The van der Waals surface area contributed by atoms with Gasteiger partial charge in [-0.05, 0) is 0 Å². The summed E-state index contributed by atoms with van der Waals surface area (Å²) in [5.74, 6) is -1.54. The number of imide groups is 1. The minimum atomic E-state index is -1.13. The number of hydrogen-bond acceptors (Lipinski definition) is 4. The number of hydrogen-bond donors (Lipinski definition) is 4. The largest absolute Gasteiger partial charge is 0.370 e. The van der Waals surface area contributed by atoms with E-state index in [0.717, 1.165) is 0 Å². The Morgan fingerprint density at radius 2 is 1.75 bits per heavy atom. The maximum absolute atomic E-state index is 10.7. The highest BCUT2D eigenvalue weighted by Crippen LogP contribution is 1.85. The normalized spacial score (nSPS) is 11.8. The van der Waals surface area contributed by atoms with Gasteiger partial charge in [-0.3, -0.25) is 14.9 Å². The Morgan fingerprint density at radius 1 is 1.25 bits per heavy atom. The van der Waals surface area contributed by atoms with Gasteiger partial charge in [0.1, 0.15) is 0 Å². The molecule has 0 saturated heterocycles. The molecule has 0 radical (unpaired) electrons. The average molecular weight is 174 g/mol. The Kier molecular flexibility index (Phi) is 3.71. The van der Waals surface area contributed by atoms with E-state index in [4.69, 9.17) is 11.5 Å². The van der Waals surface area contributed by atoms with Crippen molar-refractivity contribution in [2.24, 2.45) is 17.2 Å². The first-order chi connectivity index (χ1) is 5.43. The molecule has 68 valence electrons. The first kappa shape index (κ1) is 10.4. The molecule has 7 nitrogen and oxygen atoms in total. The van der Waals surface area contributed by atoms with Crippen molar-refractivity contribution in [2.45, 2.75) is 12.5 Å². The summed E-state index contributed by atoms with van der Waals surface area (Å²) in [4.78, 5) is 31.1. The van der Waals surface area contributed by atoms with Crippen molar-refractivity contribution in [1.29, 1.82) is 0 Å². The van der Waals surface area contributed by atoms with Crippen LogP contribution in [0.4, 0.5) is 4.79 Å². The number of amides is 4. The first-order valence-corrected chi connectivity index (χ1v) is 3.07. The first-order valence-electron chi connectivity index (χ1n) is 3.07. The molecule has 0 rings (SSSR count). The molecule has 4 amide bonds. The lowest BCUT2D eigenvalue weighted by Crippen LogP contribution is -2.47. The second-order valence-corrected chi connectivity index (χ2v) is 2.13. The summed E-state index contributed by atoms with van der Waals surface area (Å²) in [5.41, 5.74) is 14.5. The van der Waals surface area contributed by atoms with Crippen molar-refractivity contribution in [3.63, 3.8) is 0 Å². The molecule has 7 N–H and O–H groups in total. The van der Waals surface area contributed by atoms with Gasteiger partial charge in [0.05, 0.1) is 12.5 Å². The highest BCUT2D eigenvalue weighted by Gasteiger charge is 2.16. The van der Waals surface area contributed by atoms with Gasteiger partial charge in [-0.1, -0.05) is 0 Å². The van der Waals surface area contributed by atoms with E-state index in [1.54, 1.807) is 5.32 Å². The highest BCUT2D eigenvalue weighted by atomic mass is 16.2. The predicted molar refractivity (Wildman–Crippen MR) is 39.5 cm³/mol. The highest BCUT2D eigenvalue weighted by molar-refractivity contribution is 5.97. The lowest BCUT2D eigenvalue weighted by atomic mass is 10.2. The number of carbonyl (C=O) groups is 3. The van der Waals surface area contributed by atoms with Crippen LogP contribution in [0.25, 0.3) is 0 Å². The third-order valence-corrected chi connectivity index (χ3v) is 1.00. The van der Waals surface area contributed by atoms with Gasteiger partial charge >= 0.3 is 6.03 Å². The second-order valence-electron chi connectivity index (χ2n) is 2.13. The Balaban J connectivity index is 3.93. The fourth-order valence-electron chi connectivity index (χ4n) is 0.524. The van der Waals surface area contributed by atoms with Crippen LogP contribution in [0, 0.1) is 0 Å². The number of urea groups is 1. The van der Waals surface area contributed by atoms with Gasteiger partial charge < -0.3 is 17.2 Å². The molecule has 0 aliphatic rings. The van der Waals surface area contributed by atoms with Crippen LogP contribution in [0.1, 0.15) is 6.42 Å². The second kappa shape index (κ2) is 4.29. The lowest BCUT2D eigenvalue weighted by Gasteiger charge is -2.06. The van der Waals surface area contributed by atoms with Crippen LogP contribution < -0.4 is 22.5 Å². The molecule has 0 aromatic rings. The Hall–Kier alpha value is -1.63. The molecule has 0 aliphatic heterocycles. The number of carbonyl (C=O) groups excluding carboxylic acids is 3. The van der Waals surface area contributed by atoms with Gasteiger partial charge in [-0.25, -0.2) is 4.79 Å². The van der Waals surface area contributed by atoms with Crippen molar-refractivity contribution in [3.8, 4) is 0 Å². The van der Waals surface area contributed by atoms with Crippen LogP contribution in [0.2, 0.25) is 0 Å². The van der Waals surface area contributed by atoms with E-state index in [-0.39, 0.29) is 6.42 Å². The number of nitrogens with two attached hydrogens (primary N) is 3. The van der Waals surface area contributed by atoms with E-state index < -0.39 is 23.9 Å². The maximum Gasteiger partial charge on any atom is 0.318 e. The molecule has 1 atom stereocenters. The van der Waals surface area contributed by atoms with E-state index in [2.05, 4.69) is 5.73 Å². The van der Waals surface area contributed by atoms with Crippen LogP contribution in [0.15, 0.2) is 0 Å². The van der Waals surface area contributed by atoms with Crippen LogP contribution in [0.3, 0.4) is 0 Å². The summed E-state index contributed by atoms with van der Waals surface area (Å²) in [6.45, 7) is 0. The molecule has 0 saturated carbocycles. The maximum atomic E-state index is 10.7. The summed E-state index contributed by atoms with van der Waals surface area (Å²) in [5, 5.41) is 1.72.